The number of benzene rings is 1. The number of likely N-dealkylation sites (tertiary alicyclic amines) is 1. The van der Waals surface area contributed by atoms with Gasteiger partial charge in [0.2, 0.25) is 5.91 Å². The number of nitrogens with zero attached hydrogens (tertiary/aromatic N) is 3. The summed E-state index contributed by atoms with van der Waals surface area (Å²) in [6.07, 6.45) is 3.09. The van der Waals surface area contributed by atoms with Crippen LogP contribution in [0.15, 0.2) is 29.4 Å². The van der Waals surface area contributed by atoms with Crippen LogP contribution in [-0.4, -0.2) is 41.1 Å². The molecule has 7 nitrogen and oxygen atoms in total. The van der Waals surface area contributed by atoms with E-state index < -0.39 is 4.92 Å². The number of carbonyl (C=O) groups is 1. The van der Waals surface area contributed by atoms with Crippen molar-refractivity contribution in [3.05, 3.63) is 39.9 Å². The molecule has 1 N–H and O–H groups in total. The van der Waals surface area contributed by atoms with E-state index in [0.717, 1.165) is 50.2 Å². The van der Waals surface area contributed by atoms with Crippen LogP contribution in [0, 0.1) is 10.1 Å². The van der Waals surface area contributed by atoms with Crippen molar-refractivity contribution >= 4 is 17.3 Å². The van der Waals surface area contributed by atoms with Gasteiger partial charge < -0.3 is 4.90 Å². The summed E-state index contributed by atoms with van der Waals surface area (Å²) < 4.78 is 0. The molecular formula is C16H22N4O3. The second kappa shape index (κ2) is 8.38. The first-order chi connectivity index (χ1) is 11.1. The average molecular weight is 318 g/mol. The molecular weight excluding hydrogens is 296 g/mol. The van der Waals surface area contributed by atoms with Gasteiger partial charge in [-0.2, -0.15) is 5.10 Å². The molecule has 0 saturated carbocycles. The Morgan fingerprint density at radius 2 is 1.96 bits per heavy atom. The molecule has 2 rings (SSSR count). The first-order valence-corrected chi connectivity index (χ1v) is 7.88. The molecule has 1 aromatic carbocycles. The molecule has 7 heteroatoms. The number of hydrogen-bond donors (Lipinski definition) is 1. The zero-order chi connectivity index (χ0) is 16.7. The van der Waals surface area contributed by atoms with Gasteiger partial charge in [-0.05, 0) is 18.5 Å². The van der Waals surface area contributed by atoms with Crippen LogP contribution in [0.4, 0.5) is 5.69 Å². The molecule has 0 radical (unpaired) electrons. The highest BCUT2D eigenvalue weighted by molar-refractivity contribution is 5.87. The van der Waals surface area contributed by atoms with Gasteiger partial charge in [-0.3, -0.25) is 14.9 Å². The zero-order valence-corrected chi connectivity index (χ0v) is 13.3. The standard InChI is InChI=1S/C16H22N4O3/c1-2-9-19-10-7-14(8-11-19)17-18-16(21)12-13-3-5-15(6-4-13)20(22)23/h3-6H,2,7-12H2,1H3,(H,18,21). The Hall–Kier alpha value is -2.28. The van der Waals surface area contributed by atoms with E-state index in [4.69, 9.17) is 0 Å². The molecule has 1 aliphatic rings. The first kappa shape index (κ1) is 17.1. The van der Waals surface area contributed by atoms with Gasteiger partial charge >= 0.3 is 0 Å². The van der Waals surface area contributed by atoms with Crippen molar-refractivity contribution in [3.63, 3.8) is 0 Å². The summed E-state index contributed by atoms with van der Waals surface area (Å²) in [6.45, 7) is 5.26. The number of hydrazone groups is 1. The van der Waals surface area contributed by atoms with E-state index in [-0.39, 0.29) is 18.0 Å². The number of hydrogen-bond acceptors (Lipinski definition) is 5. The number of carbonyl (C=O) groups excluding carboxylic acids is 1. The van der Waals surface area contributed by atoms with Crippen LogP contribution in [0.5, 0.6) is 0 Å². The Morgan fingerprint density at radius 3 is 2.52 bits per heavy atom. The molecule has 1 aliphatic heterocycles. The highest BCUT2D eigenvalue weighted by atomic mass is 16.6. The fraction of sp³-hybridized carbons (Fsp3) is 0.500. The minimum atomic E-state index is -0.458. The van der Waals surface area contributed by atoms with E-state index in [9.17, 15) is 14.9 Å². The van der Waals surface area contributed by atoms with Crippen LogP contribution in [0.1, 0.15) is 31.7 Å². The highest BCUT2D eigenvalue weighted by Crippen LogP contribution is 2.12. The predicted octanol–water partition coefficient (Wildman–Crippen LogP) is 2.12. The summed E-state index contributed by atoms with van der Waals surface area (Å²) in [5.41, 5.74) is 4.35. The van der Waals surface area contributed by atoms with Gasteiger partial charge in [0.25, 0.3) is 5.69 Å². The van der Waals surface area contributed by atoms with E-state index >= 15 is 0 Å². The van der Waals surface area contributed by atoms with Gasteiger partial charge in [-0.15, -0.1) is 0 Å². The van der Waals surface area contributed by atoms with Crippen molar-refractivity contribution in [2.75, 3.05) is 19.6 Å². The van der Waals surface area contributed by atoms with Crippen LogP contribution >= 0.6 is 0 Å². The number of nitro groups is 1. The molecule has 0 spiro atoms. The molecule has 0 atom stereocenters. The van der Waals surface area contributed by atoms with Crippen LogP contribution < -0.4 is 5.43 Å². The number of rotatable bonds is 6. The lowest BCUT2D eigenvalue weighted by Gasteiger charge is -2.26. The number of amides is 1. The van der Waals surface area contributed by atoms with Gasteiger partial charge in [-0.1, -0.05) is 19.1 Å². The second-order valence-corrected chi connectivity index (χ2v) is 5.65. The van der Waals surface area contributed by atoms with E-state index in [1.165, 1.54) is 12.1 Å². The summed E-state index contributed by atoms with van der Waals surface area (Å²) in [6, 6.07) is 5.98. The minimum Gasteiger partial charge on any atom is -0.303 e. The first-order valence-electron chi connectivity index (χ1n) is 7.88. The number of piperidine rings is 1. The van der Waals surface area contributed by atoms with E-state index in [1.54, 1.807) is 12.1 Å². The van der Waals surface area contributed by atoms with Gasteiger partial charge in [-0.25, -0.2) is 5.43 Å². The molecule has 0 aromatic heterocycles. The Kier molecular flexibility index (Phi) is 6.22. The second-order valence-electron chi connectivity index (χ2n) is 5.65. The van der Waals surface area contributed by atoms with E-state index in [2.05, 4.69) is 22.4 Å². The SMILES string of the molecule is CCCN1CCC(=NNC(=O)Cc2ccc([N+](=O)[O-])cc2)CC1. The van der Waals surface area contributed by atoms with Gasteiger partial charge in [0.15, 0.2) is 0 Å². The van der Waals surface area contributed by atoms with Crippen LogP contribution in [0.3, 0.4) is 0 Å². The molecule has 0 bridgehead atoms. The third-order valence-electron chi connectivity index (χ3n) is 3.82. The smallest absolute Gasteiger partial charge is 0.269 e. The van der Waals surface area contributed by atoms with Gasteiger partial charge in [0, 0.05) is 43.8 Å². The van der Waals surface area contributed by atoms with Gasteiger partial charge in [0.1, 0.15) is 0 Å². The monoisotopic (exact) mass is 318 g/mol. The maximum Gasteiger partial charge on any atom is 0.269 e. The third kappa shape index (κ3) is 5.45. The lowest BCUT2D eigenvalue weighted by atomic mass is 10.1. The van der Waals surface area contributed by atoms with Crippen molar-refractivity contribution in [3.8, 4) is 0 Å². The Balaban J connectivity index is 1.79. The summed E-state index contributed by atoms with van der Waals surface area (Å²) in [7, 11) is 0. The highest BCUT2D eigenvalue weighted by Gasteiger charge is 2.14. The van der Waals surface area contributed by atoms with E-state index in [1.807, 2.05) is 0 Å². The average Bonchev–Trinajstić information content (AvgIpc) is 2.55. The lowest BCUT2D eigenvalue weighted by Crippen LogP contribution is -2.35. The van der Waals surface area contributed by atoms with Crippen LogP contribution in [-0.2, 0) is 11.2 Å². The van der Waals surface area contributed by atoms with Gasteiger partial charge in [0.05, 0.1) is 11.3 Å². The predicted molar refractivity (Wildman–Crippen MR) is 88.3 cm³/mol. The number of nitrogens with one attached hydrogen (secondary N) is 1. The summed E-state index contributed by atoms with van der Waals surface area (Å²) in [4.78, 5) is 24.4. The maximum atomic E-state index is 11.9. The van der Waals surface area contributed by atoms with Crippen LogP contribution in [0.25, 0.3) is 0 Å². The summed E-state index contributed by atoms with van der Waals surface area (Å²) in [5.74, 6) is -0.206. The van der Waals surface area contributed by atoms with Crippen molar-refractivity contribution in [1.82, 2.24) is 10.3 Å². The molecule has 1 heterocycles. The molecule has 1 aromatic rings. The quantitative estimate of drug-likeness (QED) is 0.643. The summed E-state index contributed by atoms with van der Waals surface area (Å²) in [5, 5.41) is 14.8. The van der Waals surface area contributed by atoms with Crippen molar-refractivity contribution in [2.24, 2.45) is 5.10 Å². The Bertz CT molecular complexity index is 573. The summed E-state index contributed by atoms with van der Waals surface area (Å²) >= 11 is 0. The number of nitro benzene ring substituents is 1. The molecule has 0 aliphatic carbocycles. The van der Waals surface area contributed by atoms with Crippen molar-refractivity contribution < 1.29 is 9.72 Å². The minimum absolute atomic E-state index is 0.0215. The molecule has 124 valence electrons. The largest absolute Gasteiger partial charge is 0.303 e. The van der Waals surface area contributed by atoms with Crippen molar-refractivity contribution in [1.29, 1.82) is 0 Å². The molecule has 1 fully saturated rings. The lowest BCUT2D eigenvalue weighted by molar-refractivity contribution is -0.384. The molecule has 1 amide bonds. The normalized spacial score (nSPS) is 15.3. The number of non-ortho nitro benzene ring substituents is 1. The maximum absolute atomic E-state index is 11.9. The molecule has 23 heavy (non-hydrogen) atoms. The fourth-order valence-electron chi connectivity index (χ4n) is 2.56. The zero-order valence-electron chi connectivity index (χ0n) is 13.3. The molecule has 0 unspecified atom stereocenters. The Labute approximate surface area is 135 Å². The third-order valence-corrected chi connectivity index (χ3v) is 3.82. The Morgan fingerprint density at radius 1 is 1.30 bits per heavy atom. The van der Waals surface area contributed by atoms with Crippen LogP contribution in [0.2, 0.25) is 0 Å². The van der Waals surface area contributed by atoms with E-state index in [0.29, 0.717) is 0 Å². The fourth-order valence-corrected chi connectivity index (χ4v) is 2.56. The topological polar surface area (TPSA) is 87.8 Å². The molecule has 1 saturated heterocycles. The van der Waals surface area contributed by atoms with Crippen molar-refractivity contribution in [2.45, 2.75) is 32.6 Å².